The zero-order valence-electron chi connectivity index (χ0n) is 9.29. The van der Waals surface area contributed by atoms with Gasteiger partial charge in [-0.15, -0.1) is 0 Å². The summed E-state index contributed by atoms with van der Waals surface area (Å²) in [4.78, 5) is 11.2. The van der Waals surface area contributed by atoms with Crippen molar-refractivity contribution < 1.29 is 14.3 Å². The van der Waals surface area contributed by atoms with Crippen LogP contribution in [0.25, 0.3) is 0 Å². The zero-order chi connectivity index (χ0) is 10.8. The molecule has 0 atom stereocenters. The Morgan fingerprint density at radius 2 is 2.00 bits per heavy atom. The molecule has 0 N–H and O–H groups in total. The highest BCUT2D eigenvalue weighted by atomic mass is 16.7. The van der Waals surface area contributed by atoms with Crippen molar-refractivity contribution in [3.8, 4) is 0 Å². The van der Waals surface area contributed by atoms with Gasteiger partial charge in [0.25, 0.3) is 0 Å². The van der Waals surface area contributed by atoms with E-state index in [4.69, 9.17) is 9.47 Å². The van der Waals surface area contributed by atoms with E-state index in [9.17, 15) is 4.79 Å². The lowest BCUT2D eigenvalue weighted by atomic mass is 10.1. The fourth-order valence-corrected chi connectivity index (χ4v) is 1.32. The molecule has 1 heterocycles. The molecule has 0 amide bonds. The minimum absolute atomic E-state index is 0.306. The van der Waals surface area contributed by atoms with Crippen LogP contribution >= 0.6 is 0 Å². The number of esters is 1. The van der Waals surface area contributed by atoms with Crippen molar-refractivity contribution in [3.63, 3.8) is 0 Å². The largest absolute Gasteiger partial charge is 0.457 e. The highest BCUT2D eigenvalue weighted by Crippen LogP contribution is 2.25. The number of ether oxygens (including phenoxy) is 2. The maximum atomic E-state index is 11.2. The van der Waals surface area contributed by atoms with Crippen LogP contribution in [0.1, 0.15) is 40.5 Å². The molecular weight excluding hydrogens is 180 g/mol. The molecule has 0 aromatic rings. The molecule has 14 heavy (non-hydrogen) atoms. The number of carbonyl (C=O) groups is 1. The van der Waals surface area contributed by atoms with Gasteiger partial charge >= 0.3 is 5.97 Å². The van der Waals surface area contributed by atoms with E-state index in [1.807, 2.05) is 0 Å². The van der Waals surface area contributed by atoms with Crippen molar-refractivity contribution in [3.05, 3.63) is 11.8 Å². The highest BCUT2D eigenvalue weighted by molar-refractivity contribution is 5.83. The molecule has 0 aromatic heterocycles. The smallest absolute Gasteiger partial charge is 0.337 e. The third-order valence-corrected chi connectivity index (χ3v) is 1.97. The number of hydrogen-bond acceptors (Lipinski definition) is 3. The van der Waals surface area contributed by atoms with E-state index < -0.39 is 5.79 Å². The summed E-state index contributed by atoms with van der Waals surface area (Å²) < 4.78 is 10.5. The normalized spacial score (nSPS) is 20.1. The molecule has 1 rings (SSSR count). The molecule has 0 spiro atoms. The van der Waals surface area contributed by atoms with Crippen LogP contribution in [-0.4, -0.2) is 11.8 Å². The maximum absolute atomic E-state index is 11.2. The molecule has 0 bridgehead atoms. The standard InChI is InChI=1S/C11H18O3/c1-8(2)5-6-9-7-10(12)14-11(3,4)13-9/h7-8H,5-6H2,1-4H3. The lowest BCUT2D eigenvalue weighted by molar-refractivity contribution is -0.206. The maximum Gasteiger partial charge on any atom is 0.337 e. The minimum Gasteiger partial charge on any atom is -0.457 e. The molecule has 0 fully saturated rings. The first kappa shape index (κ1) is 11.1. The van der Waals surface area contributed by atoms with Crippen molar-refractivity contribution in [2.24, 2.45) is 5.92 Å². The van der Waals surface area contributed by atoms with Gasteiger partial charge in [-0.1, -0.05) is 13.8 Å². The quantitative estimate of drug-likeness (QED) is 0.654. The Balaban J connectivity index is 2.56. The fraction of sp³-hybridized carbons (Fsp3) is 0.727. The average molecular weight is 198 g/mol. The van der Waals surface area contributed by atoms with Crippen molar-refractivity contribution in [2.75, 3.05) is 0 Å². The van der Waals surface area contributed by atoms with Crippen molar-refractivity contribution in [1.82, 2.24) is 0 Å². The van der Waals surface area contributed by atoms with Crippen LogP contribution in [0.5, 0.6) is 0 Å². The third-order valence-electron chi connectivity index (χ3n) is 1.97. The van der Waals surface area contributed by atoms with Gasteiger partial charge in [-0.2, -0.15) is 0 Å². The van der Waals surface area contributed by atoms with E-state index in [1.54, 1.807) is 13.8 Å². The van der Waals surface area contributed by atoms with Gasteiger partial charge in [0.05, 0.1) is 6.08 Å². The van der Waals surface area contributed by atoms with E-state index in [1.165, 1.54) is 6.08 Å². The molecular formula is C11H18O3. The van der Waals surface area contributed by atoms with Crippen LogP contribution < -0.4 is 0 Å². The molecule has 80 valence electrons. The van der Waals surface area contributed by atoms with E-state index in [0.29, 0.717) is 5.92 Å². The van der Waals surface area contributed by atoms with E-state index >= 15 is 0 Å². The average Bonchev–Trinajstić information content (AvgIpc) is 1.96. The number of hydrogen-bond donors (Lipinski definition) is 0. The van der Waals surface area contributed by atoms with Crippen LogP contribution in [-0.2, 0) is 14.3 Å². The van der Waals surface area contributed by atoms with Crippen molar-refractivity contribution in [1.29, 1.82) is 0 Å². The van der Waals surface area contributed by atoms with E-state index in [-0.39, 0.29) is 5.97 Å². The fourth-order valence-electron chi connectivity index (χ4n) is 1.32. The first-order chi connectivity index (χ1) is 6.39. The number of carbonyl (C=O) groups excluding carboxylic acids is 1. The van der Waals surface area contributed by atoms with Crippen molar-refractivity contribution in [2.45, 2.75) is 46.3 Å². The molecule has 0 unspecified atom stereocenters. The first-order valence-electron chi connectivity index (χ1n) is 5.01. The summed E-state index contributed by atoms with van der Waals surface area (Å²) in [6.07, 6.45) is 3.26. The lowest BCUT2D eigenvalue weighted by Crippen LogP contribution is -2.34. The molecule has 1 aliphatic heterocycles. The molecule has 1 aliphatic rings. The summed E-state index contributed by atoms with van der Waals surface area (Å²) in [6, 6.07) is 0. The lowest BCUT2D eigenvalue weighted by Gasteiger charge is -2.30. The third kappa shape index (κ3) is 3.40. The second kappa shape index (κ2) is 4.03. The Morgan fingerprint density at radius 3 is 2.50 bits per heavy atom. The Labute approximate surface area is 85.1 Å². The molecule has 0 saturated heterocycles. The molecule has 0 aliphatic carbocycles. The number of rotatable bonds is 3. The number of allylic oxidation sites excluding steroid dienone is 1. The molecule has 3 heteroatoms. The highest BCUT2D eigenvalue weighted by Gasteiger charge is 2.29. The predicted octanol–water partition coefficient (Wildman–Crippen LogP) is 2.62. The summed E-state index contributed by atoms with van der Waals surface area (Å²) in [5.74, 6) is 0.235. The topological polar surface area (TPSA) is 35.5 Å². The van der Waals surface area contributed by atoms with Gasteiger partial charge in [0.2, 0.25) is 5.79 Å². The predicted molar refractivity (Wildman–Crippen MR) is 53.4 cm³/mol. The Hall–Kier alpha value is -0.990. The Kier molecular flexibility index (Phi) is 3.19. The van der Waals surface area contributed by atoms with Gasteiger partial charge in [0.1, 0.15) is 5.76 Å². The molecule has 0 aromatic carbocycles. The van der Waals surface area contributed by atoms with Gasteiger partial charge < -0.3 is 9.47 Å². The van der Waals surface area contributed by atoms with E-state index in [2.05, 4.69) is 13.8 Å². The van der Waals surface area contributed by atoms with Crippen molar-refractivity contribution >= 4 is 5.97 Å². The van der Waals surface area contributed by atoms with Crippen LogP contribution in [0, 0.1) is 5.92 Å². The number of cyclic esters (lactones) is 1. The summed E-state index contributed by atoms with van der Waals surface area (Å²) in [7, 11) is 0. The van der Waals surface area contributed by atoms with Gasteiger partial charge in [0, 0.05) is 20.3 Å². The summed E-state index contributed by atoms with van der Waals surface area (Å²) in [5.41, 5.74) is 0. The van der Waals surface area contributed by atoms with Gasteiger partial charge in [0.15, 0.2) is 0 Å². The first-order valence-corrected chi connectivity index (χ1v) is 5.01. The molecule has 0 radical (unpaired) electrons. The SMILES string of the molecule is CC(C)CCC1=CC(=O)OC(C)(C)O1. The minimum atomic E-state index is -0.807. The summed E-state index contributed by atoms with van der Waals surface area (Å²) in [6.45, 7) is 7.78. The van der Waals surface area contributed by atoms with Crippen LogP contribution in [0.4, 0.5) is 0 Å². The van der Waals surface area contributed by atoms with Crippen LogP contribution in [0.2, 0.25) is 0 Å². The Morgan fingerprint density at radius 1 is 1.36 bits per heavy atom. The molecule has 0 saturated carbocycles. The second-order valence-electron chi connectivity index (χ2n) is 4.47. The van der Waals surface area contributed by atoms with Crippen LogP contribution in [0.3, 0.4) is 0 Å². The second-order valence-corrected chi connectivity index (χ2v) is 4.47. The van der Waals surface area contributed by atoms with Crippen LogP contribution in [0.15, 0.2) is 11.8 Å². The summed E-state index contributed by atoms with van der Waals surface area (Å²) >= 11 is 0. The van der Waals surface area contributed by atoms with Gasteiger partial charge in [-0.3, -0.25) is 0 Å². The van der Waals surface area contributed by atoms with Gasteiger partial charge in [-0.25, -0.2) is 4.79 Å². The van der Waals surface area contributed by atoms with Gasteiger partial charge in [-0.05, 0) is 12.3 Å². The van der Waals surface area contributed by atoms with E-state index in [0.717, 1.165) is 18.6 Å². The Bertz CT molecular complexity index is 251. The molecule has 3 nitrogen and oxygen atoms in total. The summed E-state index contributed by atoms with van der Waals surface area (Å²) in [5, 5.41) is 0. The monoisotopic (exact) mass is 198 g/mol. The zero-order valence-corrected chi connectivity index (χ0v) is 9.29.